The third kappa shape index (κ3) is 3.81. The summed E-state index contributed by atoms with van der Waals surface area (Å²) in [5.74, 6) is 0. The number of hydrogen-bond acceptors (Lipinski definition) is 3. The van der Waals surface area contributed by atoms with Crippen LogP contribution in [0.15, 0.2) is 18.2 Å². The summed E-state index contributed by atoms with van der Waals surface area (Å²) in [4.78, 5) is 2.50. The van der Waals surface area contributed by atoms with Crippen LogP contribution in [0.2, 0.25) is 0 Å². The Morgan fingerprint density at radius 3 is 2.50 bits per heavy atom. The Morgan fingerprint density at radius 2 is 1.90 bits per heavy atom. The lowest BCUT2D eigenvalue weighted by atomic mass is 9.97. The van der Waals surface area contributed by atoms with Gasteiger partial charge in [0.1, 0.15) is 0 Å². The molecule has 20 heavy (non-hydrogen) atoms. The van der Waals surface area contributed by atoms with E-state index in [1.165, 1.54) is 16.7 Å². The molecule has 0 bridgehead atoms. The molecule has 3 nitrogen and oxygen atoms in total. The van der Waals surface area contributed by atoms with Gasteiger partial charge in [-0.15, -0.1) is 0 Å². The van der Waals surface area contributed by atoms with Crippen LogP contribution in [-0.2, 0) is 4.74 Å². The van der Waals surface area contributed by atoms with Gasteiger partial charge < -0.3 is 10.5 Å². The topological polar surface area (TPSA) is 38.5 Å². The molecule has 1 aliphatic rings. The number of nitrogens with two attached hydrogens (primary N) is 1. The molecule has 0 amide bonds. The zero-order chi connectivity index (χ0) is 14.8. The third-order valence-electron chi connectivity index (χ3n) is 4.20. The molecular formula is C17H28N2O. The molecule has 0 aliphatic carbocycles. The molecule has 1 saturated heterocycles. The van der Waals surface area contributed by atoms with Gasteiger partial charge in [0, 0.05) is 24.7 Å². The van der Waals surface area contributed by atoms with Crippen LogP contribution in [0.3, 0.4) is 0 Å². The van der Waals surface area contributed by atoms with E-state index >= 15 is 0 Å². The van der Waals surface area contributed by atoms with Gasteiger partial charge in [-0.2, -0.15) is 0 Å². The maximum Gasteiger partial charge on any atom is 0.0645 e. The first kappa shape index (κ1) is 15.5. The SMILES string of the molecule is Cc1cc(C)cc(C(N)CCN2CCOCC2(C)C)c1. The Morgan fingerprint density at radius 1 is 1.25 bits per heavy atom. The number of morpholine rings is 1. The Hall–Kier alpha value is -0.900. The first-order valence-electron chi connectivity index (χ1n) is 7.55. The lowest BCUT2D eigenvalue weighted by molar-refractivity contribution is -0.0517. The van der Waals surface area contributed by atoms with Gasteiger partial charge in [-0.25, -0.2) is 0 Å². The van der Waals surface area contributed by atoms with Crippen molar-refractivity contribution < 1.29 is 4.74 Å². The highest BCUT2D eigenvalue weighted by Crippen LogP contribution is 2.23. The summed E-state index contributed by atoms with van der Waals surface area (Å²) in [6.45, 7) is 12.4. The summed E-state index contributed by atoms with van der Waals surface area (Å²) in [5, 5.41) is 0. The van der Waals surface area contributed by atoms with E-state index in [1.807, 2.05) is 0 Å². The van der Waals surface area contributed by atoms with E-state index < -0.39 is 0 Å². The average molecular weight is 276 g/mol. The largest absolute Gasteiger partial charge is 0.378 e. The number of nitrogens with zero attached hydrogens (tertiary/aromatic N) is 1. The van der Waals surface area contributed by atoms with Gasteiger partial charge in [0.2, 0.25) is 0 Å². The monoisotopic (exact) mass is 276 g/mol. The van der Waals surface area contributed by atoms with Crippen molar-refractivity contribution >= 4 is 0 Å². The second-order valence-corrected chi connectivity index (χ2v) is 6.67. The maximum absolute atomic E-state index is 6.38. The number of hydrogen-bond donors (Lipinski definition) is 1. The summed E-state index contributed by atoms with van der Waals surface area (Å²) in [7, 11) is 0. The van der Waals surface area contributed by atoms with Gasteiger partial charge in [-0.1, -0.05) is 29.3 Å². The van der Waals surface area contributed by atoms with Crippen molar-refractivity contribution in [3.05, 3.63) is 34.9 Å². The lowest BCUT2D eigenvalue weighted by Crippen LogP contribution is -2.53. The Balaban J connectivity index is 1.96. The summed E-state index contributed by atoms with van der Waals surface area (Å²) in [5.41, 5.74) is 10.4. The zero-order valence-electron chi connectivity index (χ0n) is 13.3. The van der Waals surface area contributed by atoms with Crippen LogP contribution in [0.4, 0.5) is 0 Å². The van der Waals surface area contributed by atoms with Crippen LogP contribution in [0, 0.1) is 13.8 Å². The summed E-state index contributed by atoms with van der Waals surface area (Å²) >= 11 is 0. The highest BCUT2D eigenvalue weighted by Gasteiger charge is 2.30. The molecule has 1 heterocycles. The van der Waals surface area contributed by atoms with E-state index in [4.69, 9.17) is 10.5 Å². The quantitative estimate of drug-likeness (QED) is 0.919. The molecule has 1 atom stereocenters. The van der Waals surface area contributed by atoms with E-state index in [0.717, 1.165) is 32.7 Å². The van der Waals surface area contributed by atoms with Crippen molar-refractivity contribution in [1.82, 2.24) is 4.90 Å². The molecule has 1 unspecified atom stereocenters. The molecule has 0 radical (unpaired) electrons. The molecule has 1 aromatic rings. The highest BCUT2D eigenvalue weighted by atomic mass is 16.5. The molecule has 112 valence electrons. The zero-order valence-corrected chi connectivity index (χ0v) is 13.3. The van der Waals surface area contributed by atoms with Crippen molar-refractivity contribution in [1.29, 1.82) is 0 Å². The van der Waals surface area contributed by atoms with E-state index in [-0.39, 0.29) is 11.6 Å². The first-order chi connectivity index (χ1) is 9.38. The highest BCUT2D eigenvalue weighted by molar-refractivity contribution is 5.30. The lowest BCUT2D eigenvalue weighted by Gasteiger charge is -2.42. The van der Waals surface area contributed by atoms with E-state index in [0.29, 0.717) is 0 Å². The predicted molar refractivity (Wildman–Crippen MR) is 83.9 cm³/mol. The van der Waals surface area contributed by atoms with Crippen molar-refractivity contribution in [2.24, 2.45) is 5.73 Å². The maximum atomic E-state index is 6.38. The minimum absolute atomic E-state index is 0.118. The van der Waals surface area contributed by atoms with Crippen LogP contribution in [-0.4, -0.2) is 36.7 Å². The van der Waals surface area contributed by atoms with E-state index in [9.17, 15) is 0 Å². The number of rotatable bonds is 4. The van der Waals surface area contributed by atoms with Crippen LogP contribution in [0.25, 0.3) is 0 Å². The predicted octanol–water partition coefficient (Wildman–Crippen LogP) is 2.80. The molecule has 1 aliphatic heterocycles. The van der Waals surface area contributed by atoms with Crippen molar-refractivity contribution in [2.45, 2.75) is 45.7 Å². The average Bonchev–Trinajstić information content (AvgIpc) is 2.35. The van der Waals surface area contributed by atoms with Crippen molar-refractivity contribution in [3.8, 4) is 0 Å². The van der Waals surface area contributed by atoms with Crippen molar-refractivity contribution in [2.75, 3.05) is 26.3 Å². The summed E-state index contributed by atoms with van der Waals surface area (Å²) in [6.07, 6.45) is 0.992. The van der Waals surface area contributed by atoms with Gasteiger partial charge in [-0.05, 0) is 39.7 Å². The number of ether oxygens (including phenoxy) is 1. The van der Waals surface area contributed by atoms with Crippen LogP contribution >= 0.6 is 0 Å². The molecule has 0 saturated carbocycles. The fraction of sp³-hybridized carbons (Fsp3) is 0.647. The summed E-state index contributed by atoms with van der Waals surface area (Å²) in [6, 6.07) is 6.73. The van der Waals surface area contributed by atoms with Gasteiger partial charge in [-0.3, -0.25) is 4.90 Å². The Bertz CT molecular complexity index is 436. The fourth-order valence-electron chi connectivity index (χ4n) is 2.99. The van der Waals surface area contributed by atoms with Gasteiger partial charge in [0.15, 0.2) is 0 Å². The second kappa shape index (κ2) is 6.25. The molecule has 3 heteroatoms. The molecule has 0 spiro atoms. The number of benzene rings is 1. The Labute approximate surface area is 123 Å². The standard InChI is InChI=1S/C17H28N2O/c1-13-9-14(2)11-15(10-13)16(18)5-6-19-7-8-20-12-17(19,3)4/h9-11,16H,5-8,12,18H2,1-4H3. The third-order valence-corrected chi connectivity index (χ3v) is 4.20. The van der Waals surface area contributed by atoms with Crippen molar-refractivity contribution in [3.63, 3.8) is 0 Å². The van der Waals surface area contributed by atoms with Gasteiger partial charge >= 0.3 is 0 Å². The first-order valence-corrected chi connectivity index (χ1v) is 7.55. The van der Waals surface area contributed by atoms with Crippen LogP contribution < -0.4 is 5.73 Å². The van der Waals surface area contributed by atoms with E-state index in [2.05, 4.69) is 50.8 Å². The molecule has 1 fully saturated rings. The van der Waals surface area contributed by atoms with E-state index in [1.54, 1.807) is 0 Å². The fourth-order valence-corrected chi connectivity index (χ4v) is 2.99. The normalized spacial score (nSPS) is 20.9. The van der Waals surface area contributed by atoms with Gasteiger partial charge in [0.05, 0.1) is 13.2 Å². The molecular weight excluding hydrogens is 248 g/mol. The number of aryl methyl sites for hydroxylation is 2. The van der Waals surface area contributed by atoms with Crippen LogP contribution in [0.1, 0.15) is 43.0 Å². The second-order valence-electron chi connectivity index (χ2n) is 6.67. The van der Waals surface area contributed by atoms with Gasteiger partial charge in [0.25, 0.3) is 0 Å². The minimum Gasteiger partial charge on any atom is -0.378 e. The molecule has 0 aromatic heterocycles. The molecule has 2 rings (SSSR count). The molecule has 1 aromatic carbocycles. The summed E-state index contributed by atoms with van der Waals surface area (Å²) < 4.78 is 5.56. The smallest absolute Gasteiger partial charge is 0.0645 e. The Kier molecular flexibility index (Phi) is 4.84. The van der Waals surface area contributed by atoms with Crippen LogP contribution in [0.5, 0.6) is 0 Å². The minimum atomic E-state index is 0.118. The molecule has 2 N–H and O–H groups in total.